The Labute approximate surface area is 185 Å². The number of nitrogen functional groups attached to an aromatic ring is 1. The number of carbonyl (C=O) groups is 3. The van der Waals surface area contributed by atoms with Crippen LogP contribution in [-0.4, -0.2) is 86.7 Å². The Morgan fingerprint density at radius 1 is 1.13 bits per heavy atom. The lowest BCUT2D eigenvalue weighted by molar-refractivity contribution is -0.151. The van der Waals surface area contributed by atoms with Crippen LogP contribution < -0.4 is 5.84 Å². The van der Waals surface area contributed by atoms with Gasteiger partial charge < -0.3 is 20.4 Å². The average Bonchev–Trinajstić information content (AvgIpc) is 3.11. The number of aromatic nitrogens is 3. The molecule has 1 atom stereocenters. The number of ether oxygens (including phenoxy) is 1. The molecule has 0 aliphatic carbocycles. The van der Waals surface area contributed by atoms with Crippen LogP contribution in [0.4, 0.5) is 0 Å². The molecule has 0 spiro atoms. The molecule has 2 heterocycles. The van der Waals surface area contributed by atoms with Gasteiger partial charge in [0.1, 0.15) is 0 Å². The molecule has 0 saturated carbocycles. The summed E-state index contributed by atoms with van der Waals surface area (Å²) < 4.78 is 6.38. The van der Waals surface area contributed by atoms with Gasteiger partial charge in [-0.25, -0.2) is 4.68 Å². The Bertz CT molecular complexity index is 740. The summed E-state index contributed by atoms with van der Waals surface area (Å²) in [6.45, 7) is 8.29. The van der Waals surface area contributed by atoms with E-state index in [9.17, 15) is 14.4 Å². The summed E-state index contributed by atoms with van der Waals surface area (Å²) in [7, 11) is 0. The Balaban J connectivity index is 1.85. The fourth-order valence-electron chi connectivity index (χ4n) is 3.13. The van der Waals surface area contributed by atoms with Crippen LogP contribution in [0.25, 0.3) is 0 Å². The number of amides is 2. The van der Waals surface area contributed by atoms with Gasteiger partial charge in [0, 0.05) is 26.2 Å². The highest BCUT2D eigenvalue weighted by Gasteiger charge is 2.29. The molecule has 1 aliphatic heterocycles. The van der Waals surface area contributed by atoms with Crippen LogP contribution in [0.3, 0.4) is 0 Å². The van der Waals surface area contributed by atoms with E-state index in [1.807, 2.05) is 13.8 Å². The third-order valence-electron chi connectivity index (χ3n) is 4.79. The summed E-state index contributed by atoms with van der Waals surface area (Å²) in [5, 5.41) is 8.87. The van der Waals surface area contributed by atoms with Crippen molar-refractivity contribution < 1.29 is 19.1 Å². The number of piperidine rings is 1. The van der Waals surface area contributed by atoms with Crippen molar-refractivity contribution in [1.29, 1.82) is 0 Å². The standard InChI is InChI=1S/C18H30N6O4S2/c1-4-22(5-2)14(25)11-29-17-20-21-18(24(17)19)30-12-15(26)23-9-7-8-13(10-23)16(27)28-6-3/h13H,4-12,19H2,1-3H3. The van der Waals surface area contributed by atoms with Crippen molar-refractivity contribution in [3.05, 3.63) is 0 Å². The number of thioether (sulfide) groups is 2. The van der Waals surface area contributed by atoms with Gasteiger partial charge in [0.25, 0.3) is 0 Å². The van der Waals surface area contributed by atoms with Crippen LogP contribution in [0.1, 0.15) is 33.6 Å². The zero-order chi connectivity index (χ0) is 22.1. The fraction of sp³-hybridized carbons (Fsp3) is 0.722. The summed E-state index contributed by atoms with van der Waals surface area (Å²) in [5.41, 5.74) is 0. The van der Waals surface area contributed by atoms with Crippen LogP contribution >= 0.6 is 23.5 Å². The lowest BCUT2D eigenvalue weighted by Crippen LogP contribution is -2.43. The minimum absolute atomic E-state index is 0.0126. The molecular weight excluding hydrogens is 428 g/mol. The van der Waals surface area contributed by atoms with Crippen LogP contribution in [0.15, 0.2) is 10.3 Å². The molecular formula is C18H30N6O4S2. The maximum absolute atomic E-state index is 12.6. The minimum atomic E-state index is -0.267. The molecule has 30 heavy (non-hydrogen) atoms. The van der Waals surface area contributed by atoms with Gasteiger partial charge in [0.05, 0.1) is 24.0 Å². The van der Waals surface area contributed by atoms with Gasteiger partial charge in [-0.3, -0.25) is 14.4 Å². The number of carbonyl (C=O) groups excluding carboxylic acids is 3. The topological polar surface area (TPSA) is 124 Å². The first-order valence-corrected chi connectivity index (χ1v) is 12.1. The van der Waals surface area contributed by atoms with Crippen LogP contribution in [0.5, 0.6) is 0 Å². The van der Waals surface area contributed by atoms with E-state index in [-0.39, 0.29) is 35.2 Å². The maximum atomic E-state index is 12.6. The van der Waals surface area contributed by atoms with Crippen LogP contribution in [-0.2, 0) is 19.1 Å². The second-order valence-corrected chi connectivity index (χ2v) is 8.59. The molecule has 1 fully saturated rings. The Kier molecular flexibility index (Phi) is 9.76. The van der Waals surface area contributed by atoms with Gasteiger partial charge >= 0.3 is 5.97 Å². The molecule has 1 aromatic heterocycles. The fourth-order valence-corrected chi connectivity index (χ4v) is 4.70. The summed E-state index contributed by atoms with van der Waals surface area (Å²) >= 11 is 2.41. The zero-order valence-corrected chi connectivity index (χ0v) is 19.3. The first kappa shape index (κ1) is 24.3. The minimum Gasteiger partial charge on any atom is -0.466 e. The van der Waals surface area contributed by atoms with E-state index in [1.54, 1.807) is 16.7 Å². The Morgan fingerprint density at radius 3 is 2.37 bits per heavy atom. The summed E-state index contributed by atoms with van der Waals surface area (Å²) in [6.07, 6.45) is 1.51. The molecule has 1 aliphatic rings. The molecule has 2 rings (SSSR count). The molecule has 1 unspecified atom stereocenters. The molecule has 0 bridgehead atoms. The molecule has 168 valence electrons. The van der Waals surface area contributed by atoms with Crippen molar-refractivity contribution in [2.75, 3.05) is 50.1 Å². The molecule has 1 saturated heterocycles. The van der Waals surface area contributed by atoms with Crippen molar-refractivity contribution in [2.24, 2.45) is 5.92 Å². The maximum Gasteiger partial charge on any atom is 0.310 e. The third kappa shape index (κ3) is 6.53. The average molecular weight is 459 g/mol. The number of rotatable bonds is 10. The molecule has 0 aromatic carbocycles. The van der Waals surface area contributed by atoms with E-state index < -0.39 is 0 Å². The van der Waals surface area contributed by atoms with E-state index in [0.29, 0.717) is 43.1 Å². The summed E-state index contributed by atoms with van der Waals surface area (Å²) in [6, 6.07) is 0. The Hall–Kier alpha value is -1.95. The van der Waals surface area contributed by atoms with Crippen molar-refractivity contribution in [3.63, 3.8) is 0 Å². The van der Waals surface area contributed by atoms with Gasteiger partial charge in [0.15, 0.2) is 0 Å². The molecule has 0 radical (unpaired) electrons. The second-order valence-electron chi connectivity index (χ2n) is 6.71. The van der Waals surface area contributed by atoms with E-state index in [2.05, 4.69) is 10.2 Å². The highest BCUT2D eigenvalue weighted by Crippen LogP contribution is 2.23. The van der Waals surface area contributed by atoms with Gasteiger partial charge in [-0.05, 0) is 33.6 Å². The molecule has 2 N–H and O–H groups in total. The molecule has 10 nitrogen and oxygen atoms in total. The first-order valence-electron chi connectivity index (χ1n) is 10.1. The van der Waals surface area contributed by atoms with E-state index in [0.717, 1.165) is 12.8 Å². The van der Waals surface area contributed by atoms with Gasteiger partial charge in [-0.2, -0.15) is 0 Å². The van der Waals surface area contributed by atoms with Crippen molar-refractivity contribution >= 4 is 41.3 Å². The summed E-state index contributed by atoms with van der Waals surface area (Å²) in [5.74, 6) is 5.82. The number of nitrogens with zero attached hydrogens (tertiary/aromatic N) is 5. The van der Waals surface area contributed by atoms with Crippen molar-refractivity contribution in [3.8, 4) is 0 Å². The predicted octanol–water partition coefficient (Wildman–Crippen LogP) is 0.846. The smallest absolute Gasteiger partial charge is 0.310 e. The highest BCUT2D eigenvalue weighted by atomic mass is 32.2. The normalized spacial score (nSPS) is 16.4. The van der Waals surface area contributed by atoms with Gasteiger partial charge in [-0.1, -0.05) is 23.5 Å². The lowest BCUT2D eigenvalue weighted by Gasteiger charge is -2.31. The van der Waals surface area contributed by atoms with E-state index in [1.165, 1.54) is 28.2 Å². The quantitative estimate of drug-likeness (QED) is 0.309. The number of nitrogens with two attached hydrogens (primary N) is 1. The van der Waals surface area contributed by atoms with Gasteiger partial charge in [0.2, 0.25) is 22.1 Å². The second kappa shape index (κ2) is 12.0. The van der Waals surface area contributed by atoms with Crippen LogP contribution in [0.2, 0.25) is 0 Å². The van der Waals surface area contributed by atoms with Gasteiger partial charge in [-0.15, -0.1) is 10.2 Å². The number of hydrogen-bond donors (Lipinski definition) is 1. The predicted molar refractivity (Wildman–Crippen MR) is 115 cm³/mol. The third-order valence-corrected chi connectivity index (χ3v) is 6.65. The largest absolute Gasteiger partial charge is 0.466 e. The van der Waals surface area contributed by atoms with E-state index in [4.69, 9.17) is 10.6 Å². The van der Waals surface area contributed by atoms with Crippen molar-refractivity contribution in [1.82, 2.24) is 24.7 Å². The zero-order valence-electron chi connectivity index (χ0n) is 17.7. The molecule has 2 amide bonds. The monoisotopic (exact) mass is 458 g/mol. The number of hydrogen-bond acceptors (Lipinski definition) is 9. The first-order chi connectivity index (χ1) is 14.4. The number of likely N-dealkylation sites (tertiary alicyclic amines) is 1. The lowest BCUT2D eigenvalue weighted by atomic mass is 9.98. The molecule has 12 heteroatoms. The SMILES string of the molecule is CCOC(=O)C1CCCN(C(=O)CSc2nnc(SCC(=O)N(CC)CC)n2N)C1. The Morgan fingerprint density at radius 2 is 1.77 bits per heavy atom. The van der Waals surface area contributed by atoms with E-state index >= 15 is 0 Å². The van der Waals surface area contributed by atoms with Crippen LogP contribution in [0, 0.1) is 5.92 Å². The highest BCUT2D eigenvalue weighted by molar-refractivity contribution is 8.00. The molecule has 1 aromatic rings. The van der Waals surface area contributed by atoms with Crippen molar-refractivity contribution in [2.45, 2.75) is 43.9 Å². The number of esters is 1. The summed E-state index contributed by atoms with van der Waals surface area (Å²) in [4.78, 5) is 40.1.